The molecular weight excluding hydrogens is 262 g/mol. The molecule has 3 heterocycles. The lowest BCUT2D eigenvalue weighted by Gasteiger charge is -2.38. The van der Waals surface area contributed by atoms with E-state index in [9.17, 15) is 9.59 Å². The Balaban J connectivity index is 1.84. The lowest BCUT2D eigenvalue weighted by Crippen LogP contribution is -2.57. The minimum absolute atomic E-state index is 0.0715. The van der Waals surface area contributed by atoms with Gasteiger partial charge in [0.25, 0.3) is 0 Å². The first-order chi connectivity index (χ1) is 9.08. The molecule has 0 aliphatic carbocycles. The maximum Gasteiger partial charge on any atom is 0.246 e. The maximum absolute atomic E-state index is 12.5. The van der Waals surface area contributed by atoms with E-state index in [1.54, 1.807) is 21.1 Å². The number of piperazine rings is 1. The van der Waals surface area contributed by atoms with Crippen molar-refractivity contribution in [1.82, 2.24) is 14.8 Å². The average molecular weight is 279 g/mol. The van der Waals surface area contributed by atoms with E-state index >= 15 is 0 Å². The summed E-state index contributed by atoms with van der Waals surface area (Å²) in [6.45, 7) is 4.87. The van der Waals surface area contributed by atoms with Crippen molar-refractivity contribution in [2.24, 2.45) is 0 Å². The molecule has 2 atom stereocenters. The summed E-state index contributed by atoms with van der Waals surface area (Å²) in [6.07, 6.45) is 3.54. The highest BCUT2D eigenvalue weighted by atomic mass is 32.1. The van der Waals surface area contributed by atoms with Gasteiger partial charge in [0.2, 0.25) is 11.8 Å². The smallest absolute Gasteiger partial charge is 0.246 e. The van der Waals surface area contributed by atoms with Crippen LogP contribution in [-0.4, -0.2) is 45.7 Å². The predicted octanol–water partition coefficient (Wildman–Crippen LogP) is 1.35. The number of thiazole rings is 1. The van der Waals surface area contributed by atoms with Crippen molar-refractivity contribution in [2.75, 3.05) is 13.1 Å². The largest absolute Gasteiger partial charge is 0.329 e. The topological polar surface area (TPSA) is 53.5 Å². The normalized spacial score (nSPS) is 24.8. The van der Waals surface area contributed by atoms with E-state index in [0.29, 0.717) is 0 Å². The van der Waals surface area contributed by atoms with E-state index in [0.717, 1.165) is 29.3 Å². The number of hydrogen-bond acceptors (Lipinski definition) is 4. The number of aromatic nitrogens is 1. The summed E-state index contributed by atoms with van der Waals surface area (Å²) in [5.41, 5.74) is 0. The fraction of sp³-hybridized carbons (Fsp3) is 0.615. The quantitative estimate of drug-likeness (QED) is 0.821. The van der Waals surface area contributed by atoms with Crippen molar-refractivity contribution in [3.8, 4) is 0 Å². The van der Waals surface area contributed by atoms with Crippen LogP contribution >= 0.6 is 11.3 Å². The standard InChI is InChI=1S/C13H17N3O2S/c1-8-6-14-12(19-8)9(2)16-7-11(17)15-5-3-4-10(15)13(16)18/h6,9-10H,3-5,7H2,1-2H3. The molecule has 0 bridgehead atoms. The van der Waals surface area contributed by atoms with Gasteiger partial charge < -0.3 is 9.80 Å². The molecule has 19 heavy (non-hydrogen) atoms. The third-order valence-corrected chi connectivity index (χ3v) is 4.99. The number of rotatable bonds is 2. The zero-order valence-corrected chi connectivity index (χ0v) is 11.9. The van der Waals surface area contributed by atoms with Crippen molar-refractivity contribution >= 4 is 23.2 Å². The number of carbonyl (C=O) groups excluding carboxylic acids is 2. The van der Waals surface area contributed by atoms with E-state index in [-0.39, 0.29) is 30.4 Å². The van der Waals surface area contributed by atoms with Gasteiger partial charge in [-0.2, -0.15) is 0 Å². The molecule has 3 rings (SSSR count). The Hall–Kier alpha value is -1.43. The minimum Gasteiger partial charge on any atom is -0.329 e. The second kappa shape index (κ2) is 4.59. The van der Waals surface area contributed by atoms with Crippen molar-refractivity contribution in [2.45, 2.75) is 38.8 Å². The van der Waals surface area contributed by atoms with Crippen LogP contribution in [0.4, 0.5) is 0 Å². The summed E-state index contributed by atoms with van der Waals surface area (Å²) in [6, 6.07) is -0.345. The van der Waals surface area contributed by atoms with E-state index in [4.69, 9.17) is 0 Å². The number of nitrogens with zero attached hydrogens (tertiary/aromatic N) is 3. The number of hydrogen-bond donors (Lipinski definition) is 0. The molecule has 1 aromatic rings. The Morgan fingerprint density at radius 3 is 2.95 bits per heavy atom. The van der Waals surface area contributed by atoms with Crippen LogP contribution in [0.1, 0.15) is 35.7 Å². The monoisotopic (exact) mass is 279 g/mol. The van der Waals surface area contributed by atoms with Crippen LogP contribution < -0.4 is 0 Å². The molecule has 2 aliphatic heterocycles. The van der Waals surface area contributed by atoms with Gasteiger partial charge in [-0.1, -0.05) is 0 Å². The fourth-order valence-corrected chi connectivity index (χ4v) is 3.69. The highest BCUT2D eigenvalue weighted by molar-refractivity contribution is 7.11. The SMILES string of the molecule is Cc1cnc(C(C)N2CC(=O)N3CCCC3C2=O)s1. The molecule has 2 fully saturated rings. The molecule has 0 spiro atoms. The molecule has 0 saturated carbocycles. The van der Waals surface area contributed by atoms with Crippen LogP contribution in [0.5, 0.6) is 0 Å². The van der Waals surface area contributed by atoms with Gasteiger partial charge in [-0.3, -0.25) is 9.59 Å². The van der Waals surface area contributed by atoms with Gasteiger partial charge in [0.1, 0.15) is 17.6 Å². The van der Waals surface area contributed by atoms with Crippen LogP contribution in [0.25, 0.3) is 0 Å². The Labute approximate surface area is 116 Å². The van der Waals surface area contributed by atoms with E-state index in [2.05, 4.69) is 4.98 Å². The molecule has 102 valence electrons. The Kier molecular flexibility index (Phi) is 3.05. The van der Waals surface area contributed by atoms with E-state index < -0.39 is 0 Å². The number of aryl methyl sites for hydroxylation is 1. The number of carbonyl (C=O) groups is 2. The summed E-state index contributed by atoms with van der Waals surface area (Å²) in [4.78, 5) is 33.5. The zero-order valence-electron chi connectivity index (χ0n) is 11.1. The Bertz CT molecular complexity index is 528. The summed E-state index contributed by atoms with van der Waals surface area (Å²) < 4.78 is 0. The first kappa shape index (κ1) is 12.6. The molecule has 0 radical (unpaired) electrons. The predicted molar refractivity (Wildman–Crippen MR) is 71.7 cm³/mol. The molecular formula is C13H17N3O2S. The Morgan fingerprint density at radius 1 is 1.47 bits per heavy atom. The van der Waals surface area contributed by atoms with Crippen LogP contribution in [0.15, 0.2) is 6.20 Å². The van der Waals surface area contributed by atoms with Crippen molar-refractivity contribution in [3.63, 3.8) is 0 Å². The number of amides is 2. The fourth-order valence-electron chi connectivity index (χ4n) is 2.85. The van der Waals surface area contributed by atoms with Crippen molar-refractivity contribution in [1.29, 1.82) is 0 Å². The van der Waals surface area contributed by atoms with Crippen LogP contribution in [0.3, 0.4) is 0 Å². The van der Waals surface area contributed by atoms with Gasteiger partial charge in [0.15, 0.2) is 0 Å². The van der Waals surface area contributed by atoms with E-state index in [1.165, 1.54) is 0 Å². The number of fused-ring (bicyclic) bond motifs is 1. The summed E-state index contributed by atoms with van der Waals surface area (Å²) in [5, 5.41) is 0.907. The van der Waals surface area contributed by atoms with Crippen LogP contribution in [0.2, 0.25) is 0 Å². The molecule has 2 amide bonds. The zero-order chi connectivity index (χ0) is 13.6. The summed E-state index contributed by atoms with van der Waals surface area (Å²) in [7, 11) is 0. The highest BCUT2D eigenvalue weighted by Crippen LogP contribution is 2.31. The molecule has 1 aromatic heterocycles. The molecule has 5 nitrogen and oxygen atoms in total. The first-order valence-corrected chi connectivity index (χ1v) is 7.42. The van der Waals surface area contributed by atoms with Crippen LogP contribution in [0, 0.1) is 6.92 Å². The Morgan fingerprint density at radius 2 is 2.26 bits per heavy atom. The molecule has 6 heteroatoms. The van der Waals surface area contributed by atoms with Gasteiger partial charge in [0.05, 0.1) is 6.04 Å². The third kappa shape index (κ3) is 2.04. The molecule has 2 saturated heterocycles. The molecule has 2 aliphatic rings. The second-order valence-electron chi connectivity index (χ2n) is 5.20. The maximum atomic E-state index is 12.5. The van der Waals surface area contributed by atoms with Gasteiger partial charge >= 0.3 is 0 Å². The molecule has 2 unspecified atom stereocenters. The van der Waals surface area contributed by atoms with Gasteiger partial charge in [0, 0.05) is 17.6 Å². The van der Waals surface area contributed by atoms with E-state index in [1.807, 2.05) is 20.0 Å². The summed E-state index contributed by atoms with van der Waals surface area (Å²) >= 11 is 1.59. The highest BCUT2D eigenvalue weighted by Gasteiger charge is 2.43. The first-order valence-electron chi connectivity index (χ1n) is 6.60. The van der Waals surface area contributed by atoms with Crippen LogP contribution in [-0.2, 0) is 9.59 Å². The lowest BCUT2D eigenvalue weighted by molar-refractivity contribution is -0.155. The van der Waals surface area contributed by atoms with Gasteiger partial charge in [-0.25, -0.2) is 4.98 Å². The molecule has 0 N–H and O–H groups in total. The van der Waals surface area contributed by atoms with Gasteiger partial charge in [-0.15, -0.1) is 11.3 Å². The average Bonchev–Trinajstić information content (AvgIpc) is 3.01. The lowest BCUT2D eigenvalue weighted by atomic mass is 10.1. The van der Waals surface area contributed by atoms with Crippen molar-refractivity contribution in [3.05, 3.63) is 16.1 Å². The molecule has 0 aromatic carbocycles. The van der Waals surface area contributed by atoms with Gasteiger partial charge in [-0.05, 0) is 26.7 Å². The van der Waals surface area contributed by atoms with Crippen molar-refractivity contribution < 1.29 is 9.59 Å². The minimum atomic E-state index is -0.232. The third-order valence-electron chi connectivity index (χ3n) is 3.91. The summed E-state index contributed by atoms with van der Waals surface area (Å²) in [5.74, 6) is 0.152. The second-order valence-corrected chi connectivity index (χ2v) is 6.46.